The van der Waals surface area contributed by atoms with E-state index in [0.717, 1.165) is 0 Å². The van der Waals surface area contributed by atoms with Crippen LogP contribution in [0.1, 0.15) is 24.2 Å². The van der Waals surface area contributed by atoms with Gasteiger partial charge < -0.3 is 15.6 Å². The van der Waals surface area contributed by atoms with Gasteiger partial charge in [-0.15, -0.1) is 0 Å². The number of hydrogen-bond acceptors (Lipinski definition) is 3. The lowest BCUT2D eigenvalue weighted by Crippen LogP contribution is -2.16. The van der Waals surface area contributed by atoms with Gasteiger partial charge in [0.15, 0.2) is 0 Å². The molecule has 1 amide bonds. The Labute approximate surface area is 86.5 Å². The second-order valence-electron chi connectivity index (χ2n) is 3.04. The van der Waals surface area contributed by atoms with Crippen LogP contribution in [0.3, 0.4) is 0 Å². The third-order valence-corrected chi connectivity index (χ3v) is 2.04. The van der Waals surface area contributed by atoms with E-state index in [1.807, 2.05) is 0 Å². The number of amides is 1. The van der Waals surface area contributed by atoms with E-state index in [1.54, 1.807) is 13.0 Å². The van der Waals surface area contributed by atoms with Crippen LogP contribution in [0.15, 0.2) is 18.2 Å². The van der Waals surface area contributed by atoms with Gasteiger partial charge in [0.05, 0.1) is 6.61 Å². The lowest BCUT2D eigenvalue weighted by molar-refractivity contribution is 0.115. The average molecular weight is 213 g/mol. The van der Waals surface area contributed by atoms with Crippen LogP contribution in [-0.2, 0) is 11.3 Å². The monoisotopic (exact) mass is 213 g/mol. The van der Waals surface area contributed by atoms with E-state index in [4.69, 9.17) is 15.6 Å². The lowest BCUT2D eigenvalue weighted by atomic mass is 10.0. The van der Waals surface area contributed by atoms with Crippen LogP contribution in [0.4, 0.5) is 9.18 Å². The fourth-order valence-corrected chi connectivity index (χ4v) is 1.36. The standard InChI is InChI=1S/C10H12FNO3/c1-6(15-10(12)14)7-3-2-4-9(11)8(7)5-13/h2-4,6,13H,5H2,1H3,(H2,12,14). The Bertz CT molecular complexity index is 368. The molecule has 0 aromatic heterocycles. The zero-order chi connectivity index (χ0) is 11.4. The van der Waals surface area contributed by atoms with Crippen molar-refractivity contribution in [3.05, 3.63) is 35.1 Å². The summed E-state index contributed by atoms with van der Waals surface area (Å²) in [5.41, 5.74) is 5.37. The highest BCUT2D eigenvalue weighted by atomic mass is 19.1. The van der Waals surface area contributed by atoms with Gasteiger partial charge in [-0.05, 0) is 13.0 Å². The molecular formula is C10H12FNO3. The Kier molecular flexibility index (Phi) is 3.62. The highest BCUT2D eigenvalue weighted by Gasteiger charge is 2.15. The molecule has 0 bridgehead atoms. The van der Waals surface area contributed by atoms with Crippen molar-refractivity contribution in [3.63, 3.8) is 0 Å². The van der Waals surface area contributed by atoms with E-state index < -0.39 is 24.6 Å². The predicted octanol–water partition coefficient (Wildman–Crippen LogP) is 1.47. The van der Waals surface area contributed by atoms with E-state index in [0.29, 0.717) is 5.56 Å². The van der Waals surface area contributed by atoms with E-state index in [-0.39, 0.29) is 5.56 Å². The number of halogens is 1. The van der Waals surface area contributed by atoms with Crippen LogP contribution in [0.25, 0.3) is 0 Å². The number of hydrogen-bond donors (Lipinski definition) is 2. The number of aliphatic hydroxyl groups is 1. The van der Waals surface area contributed by atoms with Gasteiger partial charge in [-0.25, -0.2) is 9.18 Å². The molecule has 1 aromatic carbocycles. The van der Waals surface area contributed by atoms with Gasteiger partial charge in [-0.3, -0.25) is 0 Å². The SMILES string of the molecule is CC(OC(N)=O)c1cccc(F)c1CO. The fraction of sp³-hybridized carbons (Fsp3) is 0.300. The number of aliphatic hydroxyl groups excluding tert-OH is 1. The fourth-order valence-electron chi connectivity index (χ4n) is 1.36. The number of benzene rings is 1. The van der Waals surface area contributed by atoms with Crippen molar-refractivity contribution >= 4 is 6.09 Å². The molecule has 3 N–H and O–H groups in total. The van der Waals surface area contributed by atoms with Gasteiger partial charge in [0.1, 0.15) is 11.9 Å². The molecule has 0 radical (unpaired) electrons. The molecular weight excluding hydrogens is 201 g/mol. The van der Waals surface area contributed by atoms with Crippen LogP contribution in [-0.4, -0.2) is 11.2 Å². The van der Waals surface area contributed by atoms with Crippen molar-refractivity contribution in [2.24, 2.45) is 5.73 Å². The second-order valence-corrected chi connectivity index (χ2v) is 3.04. The topological polar surface area (TPSA) is 72.5 Å². The van der Waals surface area contributed by atoms with Crippen molar-refractivity contribution in [3.8, 4) is 0 Å². The summed E-state index contributed by atoms with van der Waals surface area (Å²) < 4.78 is 17.9. The van der Waals surface area contributed by atoms with Crippen LogP contribution in [0.2, 0.25) is 0 Å². The molecule has 0 saturated carbocycles. The third-order valence-electron chi connectivity index (χ3n) is 2.04. The molecule has 0 heterocycles. The molecule has 0 spiro atoms. The summed E-state index contributed by atoms with van der Waals surface area (Å²) >= 11 is 0. The zero-order valence-corrected chi connectivity index (χ0v) is 8.24. The molecule has 4 nitrogen and oxygen atoms in total. The lowest BCUT2D eigenvalue weighted by Gasteiger charge is -2.15. The minimum absolute atomic E-state index is 0.117. The number of rotatable bonds is 3. The maximum Gasteiger partial charge on any atom is 0.405 e. The van der Waals surface area contributed by atoms with Gasteiger partial charge in [0.2, 0.25) is 0 Å². The molecule has 15 heavy (non-hydrogen) atoms. The summed E-state index contributed by atoms with van der Waals surface area (Å²) in [7, 11) is 0. The summed E-state index contributed by atoms with van der Waals surface area (Å²) in [6.07, 6.45) is -1.61. The Morgan fingerprint density at radius 1 is 1.67 bits per heavy atom. The van der Waals surface area contributed by atoms with E-state index in [9.17, 15) is 9.18 Å². The van der Waals surface area contributed by atoms with E-state index in [2.05, 4.69) is 0 Å². The molecule has 0 aliphatic carbocycles. The molecule has 1 atom stereocenters. The first-order valence-electron chi connectivity index (χ1n) is 4.40. The number of ether oxygens (including phenoxy) is 1. The number of nitrogens with two attached hydrogens (primary N) is 1. The first-order chi connectivity index (χ1) is 7.06. The van der Waals surface area contributed by atoms with Crippen molar-refractivity contribution in [2.45, 2.75) is 19.6 Å². The van der Waals surface area contributed by atoms with Gasteiger partial charge in [0, 0.05) is 11.1 Å². The highest BCUT2D eigenvalue weighted by molar-refractivity contribution is 5.65. The normalized spacial score (nSPS) is 12.2. The van der Waals surface area contributed by atoms with Gasteiger partial charge in [-0.1, -0.05) is 12.1 Å². The van der Waals surface area contributed by atoms with Crippen LogP contribution in [0, 0.1) is 5.82 Å². The van der Waals surface area contributed by atoms with E-state index >= 15 is 0 Å². The molecule has 0 aliphatic heterocycles. The third kappa shape index (κ3) is 2.66. The smallest absolute Gasteiger partial charge is 0.405 e. The Morgan fingerprint density at radius 2 is 2.33 bits per heavy atom. The van der Waals surface area contributed by atoms with Gasteiger partial charge >= 0.3 is 6.09 Å². The largest absolute Gasteiger partial charge is 0.442 e. The van der Waals surface area contributed by atoms with Crippen molar-refractivity contribution < 1.29 is 19.0 Å². The van der Waals surface area contributed by atoms with Crippen LogP contribution < -0.4 is 5.73 Å². The van der Waals surface area contributed by atoms with Crippen molar-refractivity contribution in [2.75, 3.05) is 0 Å². The maximum absolute atomic E-state index is 13.2. The molecule has 82 valence electrons. The summed E-state index contributed by atoms with van der Waals surface area (Å²) in [5.74, 6) is -0.532. The summed E-state index contributed by atoms with van der Waals surface area (Å²) in [6.45, 7) is 1.10. The maximum atomic E-state index is 13.2. The van der Waals surface area contributed by atoms with Gasteiger partial charge in [-0.2, -0.15) is 0 Å². The summed E-state index contributed by atoms with van der Waals surface area (Å²) in [4.78, 5) is 10.5. The quantitative estimate of drug-likeness (QED) is 0.798. The summed E-state index contributed by atoms with van der Waals surface area (Å²) in [5, 5.41) is 8.97. The number of carbonyl (C=O) groups is 1. The number of carbonyl (C=O) groups excluding carboxylic acids is 1. The number of primary amides is 1. The molecule has 1 rings (SSSR count). The molecule has 1 unspecified atom stereocenters. The zero-order valence-electron chi connectivity index (χ0n) is 8.24. The Hall–Kier alpha value is -1.62. The van der Waals surface area contributed by atoms with Gasteiger partial charge in [0.25, 0.3) is 0 Å². The first kappa shape index (κ1) is 11.5. The second kappa shape index (κ2) is 4.75. The minimum Gasteiger partial charge on any atom is -0.442 e. The Morgan fingerprint density at radius 3 is 2.87 bits per heavy atom. The molecule has 0 saturated heterocycles. The predicted molar refractivity (Wildman–Crippen MR) is 51.4 cm³/mol. The average Bonchev–Trinajstić information content (AvgIpc) is 2.16. The van der Waals surface area contributed by atoms with Crippen molar-refractivity contribution in [1.82, 2.24) is 0 Å². The molecule has 0 aliphatic rings. The Balaban J connectivity index is 3.02. The van der Waals surface area contributed by atoms with Crippen LogP contribution >= 0.6 is 0 Å². The van der Waals surface area contributed by atoms with Crippen molar-refractivity contribution in [1.29, 1.82) is 0 Å². The molecule has 0 fully saturated rings. The molecule has 5 heteroatoms. The summed E-state index contributed by atoms with van der Waals surface area (Å²) in [6, 6.07) is 4.28. The van der Waals surface area contributed by atoms with Crippen LogP contribution in [0.5, 0.6) is 0 Å². The first-order valence-corrected chi connectivity index (χ1v) is 4.40. The highest BCUT2D eigenvalue weighted by Crippen LogP contribution is 2.23. The van der Waals surface area contributed by atoms with E-state index in [1.165, 1.54) is 12.1 Å². The molecule has 1 aromatic rings. The minimum atomic E-state index is -0.935.